The molecule has 0 aliphatic carbocycles. The third-order valence-corrected chi connectivity index (χ3v) is 2.28. The van der Waals surface area contributed by atoms with E-state index in [9.17, 15) is 4.79 Å². The Morgan fingerprint density at radius 3 is 2.65 bits per heavy atom. The van der Waals surface area contributed by atoms with Crippen molar-refractivity contribution in [3.8, 4) is 11.3 Å². The molecule has 0 spiro atoms. The number of aromatic nitrogens is 1. The normalized spacial score (nSPS) is 12.1. The lowest BCUT2D eigenvalue weighted by atomic mass is 10.1. The number of oxazole rings is 1. The number of amides is 1. The number of benzene rings is 1. The van der Waals surface area contributed by atoms with Crippen LogP contribution in [0.2, 0.25) is 0 Å². The lowest BCUT2D eigenvalue weighted by molar-refractivity contribution is -0.117. The average Bonchev–Trinajstić information content (AvgIpc) is 2.83. The fraction of sp³-hybridized carbons (Fsp3) is 0.167. The molecule has 3 N–H and O–H groups in total. The number of nitrogens with two attached hydrogens (primary N) is 1. The summed E-state index contributed by atoms with van der Waals surface area (Å²) in [6, 6.07) is 6.74. The summed E-state index contributed by atoms with van der Waals surface area (Å²) in [5.74, 6) is 0.479. The van der Waals surface area contributed by atoms with Gasteiger partial charge >= 0.3 is 0 Å². The van der Waals surface area contributed by atoms with Crippen LogP contribution in [0.1, 0.15) is 6.92 Å². The molecule has 2 aromatic rings. The number of anilines is 1. The SMILES string of the molecule is C[C@H](N)C(=O)Nc1ccc(-c2cnco2)cc1. The van der Waals surface area contributed by atoms with E-state index in [0.717, 1.165) is 5.56 Å². The molecule has 5 heteroatoms. The second kappa shape index (κ2) is 4.80. The standard InChI is InChI=1S/C12H13N3O2/c1-8(13)12(16)15-10-4-2-9(3-5-10)11-6-14-7-17-11/h2-8H,13H2,1H3,(H,15,16)/t8-/m0/s1. The van der Waals surface area contributed by atoms with Crippen molar-refractivity contribution in [2.45, 2.75) is 13.0 Å². The maximum absolute atomic E-state index is 11.4. The highest BCUT2D eigenvalue weighted by Gasteiger charge is 2.07. The fourth-order valence-corrected chi connectivity index (χ4v) is 1.33. The second-order valence-corrected chi connectivity index (χ2v) is 3.72. The Morgan fingerprint density at radius 1 is 1.41 bits per heavy atom. The predicted octanol–water partition coefficient (Wildman–Crippen LogP) is 1.63. The lowest BCUT2D eigenvalue weighted by Crippen LogP contribution is -2.32. The summed E-state index contributed by atoms with van der Waals surface area (Å²) in [4.78, 5) is 15.2. The van der Waals surface area contributed by atoms with Gasteiger partial charge in [-0.3, -0.25) is 4.79 Å². The first-order valence-electron chi connectivity index (χ1n) is 5.22. The first-order chi connectivity index (χ1) is 8.16. The molecule has 0 saturated heterocycles. The van der Waals surface area contributed by atoms with Gasteiger partial charge in [0.25, 0.3) is 0 Å². The Labute approximate surface area is 98.6 Å². The third-order valence-electron chi connectivity index (χ3n) is 2.28. The van der Waals surface area contributed by atoms with Gasteiger partial charge in [0.15, 0.2) is 12.2 Å². The molecule has 0 aliphatic heterocycles. The summed E-state index contributed by atoms with van der Waals surface area (Å²) in [5.41, 5.74) is 7.06. The van der Waals surface area contributed by atoms with Crippen LogP contribution in [0.5, 0.6) is 0 Å². The minimum atomic E-state index is -0.524. The molecule has 17 heavy (non-hydrogen) atoms. The second-order valence-electron chi connectivity index (χ2n) is 3.72. The maximum Gasteiger partial charge on any atom is 0.240 e. The Kier molecular flexibility index (Phi) is 3.20. The molecular formula is C12H13N3O2. The quantitative estimate of drug-likeness (QED) is 0.841. The van der Waals surface area contributed by atoms with Gasteiger partial charge in [-0.1, -0.05) is 0 Å². The highest BCUT2D eigenvalue weighted by atomic mass is 16.3. The Hall–Kier alpha value is -2.14. The van der Waals surface area contributed by atoms with E-state index in [2.05, 4.69) is 10.3 Å². The summed E-state index contributed by atoms with van der Waals surface area (Å²) in [5, 5.41) is 2.70. The zero-order valence-electron chi connectivity index (χ0n) is 9.38. The van der Waals surface area contributed by atoms with Crippen molar-refractivity contribution in [2.75, 3.05) is 5.32 Å². The fourth-order valence-electron chi connectivity index (χ4n) is 1.33. The van der Waals surface area contributed by atoms with Crippen LogP contribution in [0.25, 0.3) is 11.3 Å². The minimum absolute atomic E-state index is 0.211. The van der Waals surface area contributed by atoms with Crippen molar-refractivity contribution in [1.29, 1.82) is 0 Å². The first kappa shape index (κ1) is 11.3. The van der Waals surface area contributed by atoms with Crippen molar-refractivity contribution in [2.24, 2.45) is 5.73 Å². The van der Waals surface area contributed by atoms with Crippen LogP contribution in [-0.4, -0.2) is 16.9 Å². The Balaban J connectivity index is 2.11. The molecule has 0 saturated carbocycles. The maximum atomic E-state index is 11.4. The zero-order chi connectivity index (χ0) is 12.3. The summed E-state index contributed by atoms with van der Waals surface area (Å²) in [6.07, 6.45) is 3.01. The van der Waals surface area contributed by atoms with E-state index in [1.165, 1.54) is 6.39 Å². The van der Waals surface area contributed by atoms with Gasteiger partial charge in [0.2, 0.25) is 5.91 Å². The molecule has 88 valence electrons. The van der Waals surface area contributed by atoms with Gasteiger partial charge in [0, 0.05) is 11.3 Å². The van der Waals surface area contributed by atoms with Crippen molar-refractivity contribution < 1.29 is 9.21 Å². The molecule has 0 bridgehead atoms. The van der Waals surface area contributed by atoms with Crippen molar-refractivity contribution in [3.63, 3.8) is 0 Å². The molecule has 0 fully saturated rings. The smallest absolute Gasteiger partial charge is 0.240 e. The predicted molar refractivity (Wildman–Crippen MR) is 64.2 cm³/mol. The molecule has 0 unspecified atom stereocenters. The Bertz CT molecular complexity index is 489. The molecule has 0 aliphatic rings. The number of carbonyl (C=O) groups excluding carboxylic acids is 1. The monoisotopic (exact) mass is 231 g/mol. The van der Waals surface area contributed by atoms with Gasteiger partial charge in [0.05, 0.1) is 12.2 Å². The van der Waals surface area contributed by atoms with Crippen LogP contribution in [0.4, 0.5) is 5.69 Å². The third kappa shape index (κ3) is 2.70. The van der Waals surface area contributed by atoms with Gasteiger partial charge < -0.3 is 15.5 Å². The first-order valence-corrected chi connectivity index (χ1v) is 5.22. The van der Waals surface area contributed by atoms with Crippen molar-refractivity contribution in [1.82, 2.24) is 4.98 Å². The van der Waals surface area contributed by atoms with E-state index in [1.54, 1.807) is 25.3 Å². The summed E-state index contributed by atoms with van der Waals surface area (Å²) >= 11 is 0. The van der Waals surface area contributed by atoms with Gasteiger partial charge in [-0.2, -0.15) is 0 Å². The number of nitrogens with one attached hydrogen (secondary N) is 1. The van der Waals surface area contributed by atoms with E-state index < -0.39 is 6.04 Å². The van der Waals surface area contributed by atoms with Crippen molar-refractivity contribution >= 4 is 11.6 Å². The van der Waals surface area contributed by atoms with Crippen LogP contribution in [-0.2, 0) is 4.79 Å². The molecular weight excluding hydrogens is 218 g/mol. The largest absolute Gasteiger partial charge is 0.444 e. The van der Waals surface area contributed by atoms with E-state index in [-0.39, 0.29) is 5.91 Å². The molecule has 1 atom stereocenters. The summed E-state index contributed by atoms with van der Waals surface area (Å²) in [6.45, 7) is 1.64. The zero-order valence-corrected chi connectivity index (χ0v) is 9.38. The van der Waals surface area contributed by atoms with Gasteiger partial charge in [0.1, 0.15) is 0 Å². The van der Waals surface area contributed by atoms with E-state index in [4.69, 9.17) is 10.2 Å². The molecule has 1 heterocycles. The summed E-state index contributed by atoms with van der Waals surface area (Å²) in [7, 11) is 0. The van der Waals surface area contributed by atoms with Crippen LogP contribution in [0, 0.1) is 0 Å². The number of nitrogens with zero attached hydrogens (tertiary/aromatic N) is 1. The molecule has 2 rings (SSSR count). The number of hydrogen-bond donors (Lipinski definition) is 2. The molecule has 0 radical (unpaired) electrons. The van der Waals surface area contributed by atoms with Crippen LogP contribution in [0.3, 0.4) is 0 Å². The number of rotatable bonds is 3. The van der Waals surface area contributed by atoms with E-state index >= 15 is 0 Å². The van der Waals surface area contributed by atoms with Gasteiger partial charge in [-0.15, -0.1) is 0 Å². The van der Waals surface area contributed by atoms with Crippen molar-refractivity contribution in [3.05, 3.63) is 36.9 Å². The number of hydrogen-bond acceptors (Lipinski definition) is 4. The van der Waals surface area contributed by atoms with E-state index in [1.807, 2.05) is 12.1 Å². The van der Waals surface area contributed by atoms with Gasteiger partial charge in [-0.05, 0) is 31.2 Å². The van der Waals surface area contributed by atoms with Crippen LogP contribution < -0.4 is 11.1 Å². The van der Waals surface area contributed by atoms with Gasteiger partial charge in [-0.25, -0.2) is 4.98 Å². The highest BCUT2D eigenvalue weighted by molar-refractivity contribution is 5.94. The minimum Gasteiger partial charge on any atom is -0.444 e. The lowest BCUT2D eigenvalue weighted by Gasteiger charge is -2.07. The Morgan fingerprint density at radius 2 is 2.12 bits per heavy atom. The molecule has 1 amide bonds. The topological polar surface area (TPSA) is 81.2 Å². The average molecular weight is 231 g/mol. The van der Waals surface area contributed by atoms with Crippen LogP contribution in [0.15, 0.2) is 41.3 Å². The number of carbonyl (C=O) groups is 1. The summed E-state index contributed by atoms with van der Waals surface area (Å²) < 4.78 is 5.16. The highest BCUT2D eigenvalue weighted by Crippen LogP contribution is 2.20. The van der Waals surface area contributed by atoms with Crippen LogP contribution >= 0.6 is 0 Å². The molecule has 5 nitrogen and oxygen atoms in total. The molecule has 1 aromatic carbocycles. The molecule has 1 aromatic heterocycles. The van der Waals surface area contributed by atoms with E-state index in [0.29, 0.717) is 11.4 Å².